The first-order chi connectivity index (χ1) is 17.1. The van der Waals surface area contributed by atoms with Crippen molar-refractivity contribution in [3.63, 3.8) is 0 Å². The number of ether oxygens (including phenoxy) is 1. The Balaban J connectivity index is 4.08. The molecule has 1 N–H and O–H groups in total. The monoisotopic (exact) mass is 490 g/mol. The Bertz CT molecular complexity index is 577. The van der Waals surface area contributed by atoms with Crippen LogP contribution in [0.1, 0.15) is 142 Å². The Morgan fingerprint density at radius 3 is 1.80 bits per heavy atom. The molecule has 0 bridgehead atoms. The van der Waals surface area contributed by atoms with Crippen molar-refractivity contribution in [2.24, 2.45) is 0 Å². The predicted octanol–water partition coefficient (Wildman–Crippen LogP) is 9.49. The maximum absolute atomic E-state index is 12.3. The summed E-state index contributed by atoms with van der Waals surface area (Å²) in [6.07, 6.45) is 33.3. The van der Waals surface area contributed by atoms with Crippen LogP contribution in [-0.4, -0.2) is 23.1 Å². The number of hydrogen-bond acceptors (Lipinski definition) is 3. The van der Waals surface area contributed by atoms with Gasteiger partial charge >= 0.3 is 11.9 Å². The van der Waals surface area contributed by atoms with Gasteiger partial charge in [0.2, 0.25) is 0 Å². The first kappa shape index (κ1) is 33.2. The van der Waals surface area contributed by atoms with Gasteiger partial charge in [-0.3, -0.25) is 9.59 Å². The summed E-state index contributed by atoms with van der Waals surface area (Å²) in [7, 11) is 0. The quantitative estimate of drug-likeness (QED) is 0.0786. The molecule has 0 aliphatic carbocycles. The summed E-state index contributed by atoms with van der Waals surface area (Å²) in [6.45, 7) is 4.37. The van der Waals surface area contributed by atoms with Gasteiger partial charge in [0.15, 0.2) is 0 Å². The molecular weight excluding hydrogens is 436 g/mol. The van der Waals surface area contributed by atoms with Gasteiger partial charge in [0.05, 0.1) is 0 Å². The Morgan fingerprint density at radius 1 is 0.657 bits per heavy atom. The number of carboxylic acids is 1. The van der Waals surface area contributed by atoms with E-state index in [9.17, 15) is 9.59 Å². The molecule has 0 saturated carbocycles. The summed E-state index contributed by atoms with van der Waals surface area (Å²) in [5.41, 5.74) is 0. The maximum atomic E-state index is 12.3. The zero-order chi connectivity index (χ0) is 25.8. The van der Waals surface area contributed by atoms with Crippen LogP contribution in [0, 0.1) is 0 Å². The zero-order valence-corrected chi connectivity index (χ0v) is 22.9. The molecule has 4 nitrogen and oxygen atoms in total. The second kappa shape index (κ2) is 26.8. The number of allylic oxidation sites excluding steroid dienone is 4. The second-order valence-electron chi connectivity index (χ2n) is 9.56. The van der Waals surface area contributed by atoms with E-state index in [2.05, 4.69) is 32.1 Å². The van der Waals surface area contributed by atoms with Crippen LogP contribution in [0.5, 0.6) is 0 Å². The SMILES string of the molecule is CC/C=C\C/C=C\C(/C=C\CCCCCC(=O)O)OC(=O)CCCCCCCCCCCCCC. The molecule has 0 heterocycles. The van der Waals surface area contributed by atoms with Gasteiger partial charge in [0.1, 0.15) is 6.10 Å². The van der Waals surface area contributed by atoms with Crippen LogP contribution in [-0.2, 0) is 14.3 Å². The highest BCUT2D eigenvalue weighted by atomic mass is 16.5. The molecule has 0 aromatic rings. The van der Waals surface area contributed by atoms with Crippen LogP contribution in [0.4, 0.5) is 0 Å². The minimum atomic E-state index is -0.733. The Morgan fingerprint density at radius 2 is 1.20 bits per heavy atom. The number of carbonyl (C=O) groups is 2. The first-order valence-electron chi connectivity index (χ1n) is 14.5. The fourth-order valence-corrected chi connectivity index (χ4v) is 3.96. The van der Waals surface area contributed by atoms with E-state index in [-0.39, 0.29) is 18.5 Å². The van der Waals surface area contributed by atoms with E-state index in [1.54, 1.807) is 0 Å². The van der Waals surface area contributed by atoms with Crippen molar-refractivity contribution in [2.75, 3.05) is 0 Å². The molecule has 4 heteroatoms. The molecule has 1 atom stereocenters. The summed E-state index contributed by atoms with van der Waals surface area (Å²) in [4.78, 5) is 22.9. The summed E-state index contributed by atoms with van der Waals surface area (Å²) >= 11 is 0. The van der Waals surface area contributed by atoms with Crippen molar-refractivity contribution in [3.8, 4) is 0 Å². The van der Waals surface area contributed by atoms with E-state index >= 15 is 0 Å². The highest BCUT2D eigenvalue weighted by Crippen LogP contribution is 2.13. The third kappa shape index (κ3) is 26.6. The standard InChI is InChI=1S/C31H54O4/c1-3-5-7-9-10-11-12-13-14-15-20-24-28-31(34)35-29(25-21-17-8-6-4-2)26-22-18-16-19-23-27-30(32)33/h6,8,21-22,25-26,29H,3-5,7,9-20,23-24,27-28H2,1-2H3,(H,32,33)/b8-6-,25-21-,26-22-. The van der Waals surface area contributed by atoms with Gasteiger partial charge in [0, 0.05) is 12.8 Å². The van der Waals surface area contributed by atoms with Crippen LogP contribution in [0.15, 0.2) is 36.5 Å². The van der Waals surface area contributed by atoms with Gasteiger partial charge in [-0.15, -0.1) is 0 Å². The maximum Gasteiger partial charge on any atom is 0.306 e. The summed E-state index contributed by atoms with van der Waals surface area (Å²) in [5.74, 6) is -0.857. The normalized spacial score (nSPS) is 12.7. The fourth-order valence-electron chi connectivity index (χ4n) is 3.96. The molecule has 0 rings (SSSR count). The number of hydrogen-bond donors (Lipinski definition) is 1. The molecule has 0 aliphatic rings. The average molecular weight is 491 g/mol. The van der Waals surface area contributed by atoms with E-state index in [0.717, 1.165) is 44.9 Å². The molecule has 202 valence electrons. The van der Waals surface area contributed by atoms with Gasteiger partial charge in [-0.2, -0.15) is 0 Å². The lowest BCUT2D eigenvalue weighted by atomic mass is 10.0. The van der Waals surface area contributed by atoms with E-state index in [1.165, 1.54) is 64.2 Å². The van der Waals surface area contributed by atoms with Gasteiger partial charge in [-0.05, 0) is 50.7 Å². The van der Waals surface area contributed by atoms with E-state index in [1.807, 2.05) is 18.2 Å². The number of carboxylic acid groups (broad SMARTS) is 1. The number of esters is 1. The highest BCUT2D eigenvalue weighted by molar-refractivity contribution is 5.69. The number of rotatable bonds is 25. The van der Waals surface area contributed by atoms with E-state index < -0.39 is 5.97 Å². The van der Waals surface area contributed by atoms with E-state index in [4.69, 9.17) is 9.84 Å². The minimum absolute atomic E-state index is 0.123. The number of aliphatic carboxylic acids is 1. The zero-order valence-electron chi connectivity index (χ0n) is 22.9. The van der Waals surface area contributed by atoms with Crippen LogP contribution >= 0.6 is 0 Å². The Kier molecular flexibility index (Phi) is 25.4. The summed E-state index contributed by atoms with van der Waals surface area (Å²) < 4.78 is 5.70. The number of unbranched alkanes of at least 4 members (excludes halogenated alkanes) is 14. The van der Waals surface area contributed by atoms with Crippen molar-refractivity contribution in [3.05, 3.63) is 36.5 Å². The highest BCUT2D eigenvalue weighted by Gasteiger charge is 2.08. The third-order valence-electron chi connectivity index (χ3n) is 6.09. The van der Waals surface area contributed by atoms with E-state index in [0.29, 0.717) is 12.8 Å². The topological polar surface area (TPSA) is 63.6 Å². The summed E-state index contributed by atoms with van der Waals surface area (Å²) in [6, 6.07) is 0. The molecule has 0 spiro atoms. The molecule has 0 radical (unpaired) electrons. The molecule has 1 unspecified atom stereocenters. The van der Waals surface area contributed by atoms with Crippen LogP contribution < -0.4 is 0 Å². The van der Waals surface area contributed by atoms with Crippen molar-refractivity contribution in [1.82, 2.24) is 0 Å². The van der Waals surface area contributed by atoms with Crippen LogP contribution in [0.25, 0.3) is 0 Å². The van der Waals surface area contributed by atoms with Gasteiger partial charge < -0.3 is 9.84 Å². The molecule has 0 aromatic heterocycles. The van der Waals surface area contributed by atoms with Crippen molar-refractivity contribution in [2.45, 2.75) is 148 Å². The smallest absolute Gasteiger partial charge is 0.306 e. The molecule has 0 aliphatic heterocycles. The molecule has 0 aromatic carbocycles. The second-order valence-corrected chi connectivity index (χ2v) is 9.56. The molecule has 0 fully saturated rings. The third-order valence-corrected chi connectivity index (χ3v) is 6.09. The van der Waals surface area contributed by atoms with Gasteiger partial charge in [-0.1, -0.05) is 115 Å². The fraction of sp³-hybridized carbons (Fsp3) is 0.742. The van der Waals surface area contributed by atoms with Crippen molar-refractivity contribution >= 4 is 11.9 Å². The lowest BCUT2D eigenvalue weighted by Gasteiger charge is -2.11. The average Bonchev–Trinajstić information content (AvgIpc) is 2.83. The summed E-state index contributed by atoms with van der Waals surface area (Å²) in [5, 5.41) is 8.70. The van der Waals surface area contributed by atoms with Gasteiger partial charge in [0.25, 0.3) is 0 Å². The molecule has 35 heavy (non-hydrogen) atoms. The molecule has 0 saturated heterocycles. The Hall–Kier alpha value is -1.84. The molecular formula is C31H54O4. The number of carbonyl (C=O) groups excluding carboxylic acids is 1. The lowest BCUT2D eigenvalue weighted by Crippen LogP contribution is -2.13. The van der Waals surface area contributed by atoms with Gasteiger partial charge in [-0.25, -0.2) is 0 Å². The minimum Gasteiger partial charge on any atom is -0.481 e. The van der Waals surface area contributed by atoms with Crippen LogP contribution in [0.2, 0.25) is 0 Å². The van der Waals surface area contributed by atoms with Crippen molar-refractivity contribution in [1.29, 1.82) is 0 Å². The van der Waals surface area contributed by atoms with Crippen LogP contribution in [0.3, 0.4) is 0 Å². The first-order valence-corrected chi connectivity index (χ1v) is 14.5. The van der Waals surface area contributed by atoms with Crippen molar-refractivity contribution < 1.29 is 19.4 Å². The predicted molar refractivity (Wildman–Crippen MR) is 149 cm³/mol. The lowest BCUT2D eigenvalue weighted by molar-refractivity contribution is -0.145. The largest absolute Gasteiger partial charge is 0.481 e. The Labute approximate surface area is 216 Å². The molecule has 0 amide bonds.